The van der Waals surface area contributed by atoms with Crippen LogP contribution in [0.3, 0.4) is 0 Å². The number of ether oxygens (including phenoxy) is 1. The number of carbonyl (C=O) groups is 1. The molecule has 0 aromatic heterocycles. The molecule has 0 radical (unpaired) electrons. The summed E-state index contributed by atoms with van der Waals surface area (Å²) in [7, 11) is 0. The Morgan fingerprint density at radius 1 is 0.903 bits per heavy atom. The van der Waals surface area contributed by atoms with E-state index >= 15 is 0 Å². The van der Waals surface area contributed by atoms with Gasteiger partial charge in [0.15, 0.2) is 0 Å². The van der Waals surface area contributed by atoms with E-state index in [1.807, 2.05) is 6.07 Å². The smallest absolute Gasteiger partial charge is 0.307 e. The van der Waals surface area contributed by atoms with Crippen molar-refractivity contribution in [3.05, 3.63) is 29.3 Å². The standard InChI is InChI=1S/C28H48O3/c1-8-9-10-11-12-13-14-15-16-31-24-18-22(19-26(29)30)17-23(20-24)25(28(5,6)7)21-27(2,3)4/h17-18,20,25H,8-16,19,21H2,1-7H3,(H,29,30). The van der Waals surface area contributed by atoms with Crippen LogP contribution in [0.5, 0.6) is 5.75 Å². The normalized spacial score (nSPS) is 13.3. The molecule has 1 atom stereocenters. The quantitative estimate of drug-likeness (QED) is 0.300. The van der Waals surface area contributed by atoms with Gasteiger partial charge in [0, 0.05) is 0 Å². The molecule has 0 aliphatic heterocycles. The minimum atomic E-state index is -0.797. The molecule has 0 aliphatic carbocycles. The lowest BCUT2D eigenvalue weighted by Gasteiger charge is -2.36. The Balaban J connectivity index is 2.82. The lowest BCUT2D eigenvalue weighted by Crippen LogP contribution is -2.24. The minimum Gasteiger partial charge on any atom is -0.494 e. The van der Waals surface area contributed by atoms with Crippen molar-refractivity contribution in [2.45, 2.75) is 119 Å². The third kappa shape index (κ3) is 12.2. The molecule has 0 amide bonds. The van der Waals surface area contributed by atoms with Crippen LogP contribution in [0.2, 0.25) is 0 Å². The molecule has 178 valence electrons. The molecule has 1 unspecified atom stereocenters. The van der Waals surface area contributed by atoms with E-state index in [0.29, 0.717) is 12.5 Å². The van der Waals surface area contributed by atoms with E-state index in [1.165, 1.54) is 50.5 Å². The van der Waals surface area contributed by atoms with Gasteiger partial charge in [0.2, 0.25) is 0 Å². The fourth-order valence-electron chi connectivity index (χ4n) is 4.21. The summed E-state index contributed by atoms with van der Waals surface area (Å²) in [6, 6.07) is 6.15. The molecule has 31 heavy (non-hydrogen) atoms. The van der Waals surface area contributed by atoms with Crippen molar-refractivity contribution in [2.75, 3.05) is 6.61 Å². The van der Waals surface area contributed by atoms with Crippen LogP contribution in [0.1, 0.15) is 123 Å². The van der Waals surface area contributed by atoms with Gasteiger partial charge < -0.3 is 9.84 Å². The van der Waals surface area contributed by atoms with Gasteiger partial charge in [0.1, 0.15) is 5.75 Å². The first kappa shape index (κ1) is 27.5. The van der Waals surface area contributed by atoms with Crippen LogP contribution in [0, 0.1) is 10.8 Å². The van der Waals surface area contributed by atoms with Crippen LogP contribution in [0.25, 0.3) is 0 Å². The highest BCUT2D eigenvalue weighted by Gasteiger charge is 2.31. The molecule has 0 fully saturated rings. The van der Waals surface area contributed by atoms with E-state index in [1.54, 1.807) is 0 Å². The first-order valence-electron chi connectivity index (χ1n) is 12.4. The summed E-state index contributed by atoms with van der Waals surface area (Å²) in [5, 5.41) is 9.34. The predicted octanol–water partition coefficient (Wildman–Crippen LogP) is 8.40. The second kappa shape index (κ2) is 13.1. The average Bonchev–Trinajstić information content (AvgIpc) is 2.62. The second-order valence-corrected chi connectivity index (χ2v) is 11.5. The highest BCUT2D eigenvalue weighted by molar-refractivity contribution is 5.70. The Hall–Kier alpha value is -1.51. The van der Waals surface area contributed by atoms with Crippen molar-refractivity contribution >= 4 is 5.97 Å². The zero-order valence-corrected chi connectivity index (χ0v) is 21.4. The van der Waals surface area contributed by atoms with Gasteiger partial charge in [-0.1, -0.05) is 99.5 Å². The Morgan fingerprint density at radius 2 is 1.48 bits per heavy atom. The van der Waals surface area contributed by atoms with Gasteiger partial charge in [-0.25, -0.2) is 0 Å². The van der Waals surface area contributed by atoms with Crippen LogP contribution in [-0.4, -0.2) is 17.7 Å². The molecule has 0 heterocycles. The Labute approximate surface area is 192 Å². The lowest BCUT2D eigenvalue weighted by atomic mass is 9.69. The summed E-state index contributed by atoms with van der Waals surface area (Å²) < 4.78 is 6.11. The van der Waals surface area contributed by atoms with E-state index in [0.717, 1.165) is 24.2 Å². The minimum absolute atomic E-state index is 0.0361. The van der Waals surface area contributed by atoms with E-state index in [4.69, 9.17) is 4.74 Å². The number of carboxylic acid groups (broad SMARTS) is 1. The lowest BCUT2D eigenvalue weighted by molar-refractivity contribution is -0.136. The first-order chi connectivity index (χ1) is 14.4. The highest BCUT2D eigenvalue weighted by atomic mass is 16.5. The summed E-state index contributed by atoms with van der Waals surface area (Å²) in [6.07, 6.45) is 11.3. The second-order valence-electron chi connectivity index (χ2n) is 11.5. The van der Waals surface area contributed by atoms with Crippen LogP contribution < -0.4 is 4.74 Å². The molecular formula is C28H48O3. The third-order valence-electron chi connectivity index (χ3n) is 5.87. The van der Waals surface area contributed by atoms with Crippen molar-refractivity contribution in [2.24, 2.45) is 10.8 Å². The summed E-state index contributed by atoms with van der Waals surface area (Å²) >= 11 is 0. The monoisotopic (exact) mass is 432 g/mol. The average molecular weight is 433 g/mol. The Bertz CT molecular complexity index is 649. The molecule has 0 aliphatic rings. The van der Waals surface area contributed by atoms with Crippen LogP contribution in [-0.2, 0) is 11.2 Å². The number of rotatable bonds is 14. The van der Waals surface area contributed by atoms with Crippen molar-refractivity contribution in [3.8, 4) is 5.75 Å². The van der Waals surface area contributed by atoms with Gasteiger partial charge in [-0.15, -0.1) is 0 Å². The van der Waals surface area contributed by atoms with E-state index in [2.05, 4.69) is 60.6 Å². The molecule has 1 N–H and O–H groups in total. The summed E-state index contributed by atoms with van der Waals surface area (Å²) in [6.45, 7) is 16.6. The van der Waals surface area contributed by atoms with Crippen molar-refractivity contribution in [3.63, 3.8) is 0 Å². The fraction of sp³-hybridized carbons (Fsp3) is 0.750. The van der Waals surface area contributed by atoms with E-state index < -0.39 is 5.97 Å². The third-order valence-corrected chi connectivity index (χ3v) is 5.87. The van der Waals surface area contributed by atoms with Gasteiger partial charge >= 0.3 is 5.97 Å². The predicted molar refractivity (Wildman–Crippen MR) is 132 cm³/mol. The molecule has 3 heteroatoms. The number of benzene rings is 1. The SMILES string of the molecule is CCCCCCCCCCOc1cc(CC(=O)O)cc(C(CC(C)(C)C)C(C)(C)C)c1. The molecule has 0 saturated heterocycles. The van der Waals surface area contributed by atoms with Crippen molar-refractivity contribution < 1.29 is 14.6 Å². The van der Waals surface area contributed by atoms with Crippen molar-refractivity contribution in [1.82, 2.24) is 0 Å². The number of carboxylic acids is 1. The van der Waals surface area contributed by atoms with Gasteiger partial charge in [-0.2, -0.15) is 0 Å². The summed E-state index contributed by atoms with van der Waals surface area (Å²) in [5.41, 5.74) is 2.31. The molecule has 1 aromatic rings. The number of hydrogen-bond acceptors (Lipinski definition) is 2. The molecule has 0 spiro atoms. The molecule has 1 aromatic carbocycles. The first-order valence-corrected chi connectivity index (χ1v) is 12.4. The Morgan fingerprint density at radius 3 is 2.00 bits per heavy atom. The number of aliphatic carboxylic acids is 1. The highest BCUT2D eigenvalue weighted by Crippen LogP contribution is 2.44. The van der Waals surface area contributed by atoms with Crippen LogP contribution in [0.15, 0.2) is 18.2 Å². The molecule has 0 saturated carbocycles. The maximum atomic E-state index is 11.4. The van der Waals surface area contributed by atoms with Gasteiger partial charge in [0.05, 0.1) is 13.0 Å². The maximum Gasteiger partial charge on any atom is 0.307 e. The Kier molecular flexibility index (Phi) is 11.7. The molecule has 1 rings (SSSR count). The molecule has 3 nitrogen and oxygen atoms in total. The maximum absolute atomic E-state index is 11.4. The van der Waals surface area contributed by atoms with Crippen molar-refractivity contribution in [1.29, 1.82) is 0 Å². The zero-order valence-electron chi connectivity index (χ0n) is 21.4. The summed E-state index contributed by atoms with van der Waals surface area (Å²) in [5.74, 6) is 0.362. The van der Waals surface area contributed by atoms with Crippen LogP contribution >= 0.6 is 0 Å². The van der Waals surface area contributed by atoms with E-state index in [-0.39, 0.29) is 17.3 Å². The largest absolute Gasteiger partial charge is 0.494 e. The van der Waals surface area contributed by atoms with Crippen LogP contribution in [0.4, 0.5) is 0 Å². The zero-order chi connectivity index (χ0) is 23.5. The van der Waals surface area contributed by atoms with E-state index in [9.17, 15) is 9.90 Å². The van der Waals surface area contributed by atoms with Gasteiger partial charge in [-0.05, 0) is 52.8 Å². The number of unbranched alkanes of at least 4 members (excludes halogenated alkanes) is 7. The van der Waals surface area contributed by atoms with Gasteiger partial charge in [0.25, 0.3) is 0 Å². The number of hydrogen-bond donors (Lipinski definition) is 1. The fourth-order valence-corrected chi connectivity index (χ4v) is 4.21. The molecular weight excluding hydrogens is 384 g/mol. The van der Waals surface area contributed by atoms with Gasteiger partial charge in [-0.3, -0.25) is 4.79 Å². The summed E-state index contributed by atoms with van der Waals surface area (Å²) in [4.78, 5) is 11.4. The topological polar surface area (TPSA) is 46.5 Å². The molecule has 0 bridgehead atoms.